The molecule has 2 rings (SSSR count). The number of halogens is 1. The van der Waals surface area contributed by atoms with Crippen molar-refractivity contribution in [2.24, 2.45) is 0 Å². The number of nitro groups is 1. The van der Waals surface area contributed by atoms with Gasteiger partial charge in [0.25, 0.3) is 11.6 Å². The van der Waals surface area contributed by atoms with Gasteiger partial charge in [0.15, 0.2) is 0 Å². The molecule has 21 heavy (non-hydrogen) atoms. The highest BCUT2D eigenvalue weighted by atomic mass is 35.5. The monoisotopic (exact) mass is 313 g/mol. The van der Waals surface area contributed by atoms with E-state index in [1.807, 2.05) is 6.92 Å². The van der Waals surface area contributed by atoms with E-state index in [2.05, 4.69) is 10.6 Å². The van der Waals surface area contributed by atoms with Crippen LogP contribution in [0.4, 0.5) is 5.69 Å². The van der Waals surface area contributed by atoms with E-state index >= 15 is 0 Å². The smallest absolute Gasteiger partial charge is 0.270 e. The lowest BCUT2D eigenvalue weighted by atomic mass is 9.90. The van der Waals surface area contributed by atoms with Crippen LogP contribution in [0.2, 0.25) is 0 Å². The number of non-ortho nitro benzene ring substituents is 1. The van der Waals surface area contributed by atoms with E-state index < -0.39 is 4.92 Å². The molecule has 0 bridgehead atoms. The molecule has 1 aliphatic rings. The number of benzene rings is 1. The number of aryl methyl sites for hydroxylation is 1. The second kappa shape index (κ2) is 6.87. The zero-order chi connectivity index (χ0) is 14.8. The molecule has 1 fully saturated rings. The van der Waals surface area contributed by atoms with Gasteiger partial charge in [0, 0.05) is 23.2 Å². The largest absolute Gasteiger partial charge is 0.347 e. The van der Waals surface area contributed by atoms with Gasteiger partial charge in [0.2, 0.25) is 0 Å². The predicted octanol–water partition coefficient (Wildman–Crippen LogP) is 2.20. The molecule has 1 aromatic carbocycles. The molecule has 1 aliphatic heterocycles. The normalized spacial score (nSPS) is 16.7. The highest BCUT2D eigenvalue weighted by Gasteiger charge is 2.29. The fraction of sp³-hybridized carbons (Fsp3) is 0.500. The molecule has 0 atom stereocenters. The Morgan fingerprint density at radius 3 is 2.52 bits per heavy atom. The number of piperidine rings is 1. The molecule has 6 nitrogen and oxygen atoms in total. The van der Waals surface area contributed by atoms with Crippen LogP contribution >= 0.6 is 12.4 Å². The van der Waals surface area contributed by atoms with Crippen LogP contribution in [0.25, 0.3) is 0 Å². The van der Waals surface area contributed by atoms with Crippen LogP contribution in [0.3, 0.4) is 0 Å². The number of nitrogens with one attached hydrogen (secondary N) is 2. The molecule has 1 aromatic rings. The molecule has 2 N–H and O–H groups in total. The molecule has 116 valence electrons. The van der Waals surface area contributed by atoms with E-state index in [0.717, 1.165) is 25.9 Å². The zero-order valence-electron chi connectivity index (χ0n) is 12.1. The van der Waals surface area contributed by atoms with E-state index in [0.29, 0.717) is 11.1 Å². The fourth-order valence-corrected chi connectivity index (χ4v) is 2.45. The fourth-order valence-electron chi connectivity index (χ4n) is 2.45. The van der Waals surface area contributed by atoms with E-state index in [1.54, 1.807) is 13.0 Å². The van der Waals surface area contributed by atoms with E-state index in [9.17, 15) is 14.9 Å². The Bertz CT molecular complexity index is 542. The van der Waals surface area contributed by atoms with Crippen molar-refractivity contribution in [3.8, 4) is 0 Å². The number of hydrogen-bond donors (Lipinski definition) is 2. The van der Waals surface area contributed by atoms with Crippen molar-refractivity contribution in [2.45, 2.75) is 32.2 Å². The van der Waals surface area contributed by atoms with Gasteiger partial charge in [0.1, 0.15) is 0 Å². The summed E-state index contributed by atoms with van der Waals surface area (Å²) in [6.07, 6.45) is 1.71. The Morgan fingerprint density at radius 1 is 1.33 bits per heavy atom. The Balaban J connectivity index is 0.00000220. The summed E-state index contributed by atoms with van der Waals surface area (Å²) in [4.78, 5) is 22.7. The first-order valence-electron chi connectivity index (χ1n) is 6.69. The third kappa shape index (κ3) is 4.41. The van der Waals surface area contributed by atoms with Gasteiger partial charge in [-0.25, -0.2) is 0 Å². The number of carbonyl (C=O) groups excluding carboxylic acids is 1. The maximum absolute atomic E-state index is 12.3. The van der Waals surface area contributed by atoms with Crippen molar-refractivity contribution in [3.63, 3.8) is 0 Å². The molecular weight excluding hydrogens is 294 g/mol. The molecule has 0 saturated carbocycles. The maximum Gasteiger partial charge on any atom is 0.270 e. The van der Waals surface area contributed by atoms with Gasteiger partial charge in [0.05, 0.1) is 4.92 Å². The van der Waals surface area contributed by atoms with Crippen LogP contribution in [0.1, 0.15) is 35.7 Å². The van der Waals surface area contributed by atoms with Crippen LogP contribution in [0.5, 0.6) is 0 Å². The highest BCUT2D eigenvalue weighted by Crippen LogP contribution is 2.20. The lowest BCUT2D eigenvalue weighted by molar-refractivity contribution is -0.384. The molecule has 0 spiro atoms. The summed E-state index contributed by atoms with van der Waals surface area (Å²) in [6.45, 7) is 5.49. The van der Waals surface area contributed by atoms with Crippen molar-refractivity contribution in [1.29, 1.82) is 0 Å². The van der Waals surface area contributed by atoms with Crippen molar-refractivity contribution in [1.82, 2.24) is 10.6 Å². The molecule has 7 heteroatoms. The Labute approximate surface area is 129 Å². The molecule has 1 heterocycles. The van der Waals surface area contributed by atoms with Crippen molar-refractivity contribution >= 4 is 24.0 Å². The first-order chi connectivity index (χ1) is 9.39. The van der Waals surface area contributed by atoms with Crippen molar-refractivity contribution < 1.29 is 9.72 Å². The third-order valence-corrected chi connectivity index (χ3v) is 3.66. The SMILES string of the molecule is Cc1cc(C(=O)NC2(C)CCNCC2)cc([N+](=O)[O-])c1.Cl. The average molecular weight is 314 g/mol. The minimum absolute atomic E-state index is 0. The standard InChI is InChI=1S/C14H19N3O3.ClH/c1-10-7-11(9-12(8-10)17(19)20)13(18)16-14(2)3-5-15-6-4-14;/h7-9,15H,3-6H2,1-2H3,(H,16,18);1H. The van der Waals surface area contributed by atoms with Crippen LogP contribution in [0, 0.1) is 17.0 Å². The Hall–Kier alpha value is -1.66. The first kappa shape index (κ1) is 17.4. The maximum atomic E-state index is 12.3. The molecule has 0 radical (unpaired) electrons. The third-order valence-electron chi connectivity index (χ3n) is 3.66. The van der Waals surface area contributed by atoms with Gasteiger partial charge in [-0.05, 0) is 51.4 Å². The van der Waals surface area contributed by atoms with Gasteiger partial charge in [-0.1, -0.05) is 0 Å². The molecule has 0 unspecified atom stereocenters. The van der Waals surface area contributed by atoms with Crippen molar-refractivity contribution in [2.75, 3.05) is 13.1 Å². The van der Waals surface area contributed by atoms with Gasteiger partial charge < -0.3 is 10.6 Å². The van der Waals surface area contributed by atoms with Gasteiger partial charge in [-0.3, -0.25) is 14.9 Å². The summed E-state index contributed by atoms with van der Waals surface area (Å²) in [5, 5.41) is 17.1. The number of rotatable bonds is 3. The first-order valence-corrected chi connectivity index (χ1v) is 6.69. The molecule has 0 aromatic heterocycles. The van der Waals surface area contributed by atoms with Crippen molar-refractivity contribution in [3.05, 3.63) is 39.4 Å². The van der Waals surface area contributed by atoms with Crippen LogP contribution in [-0.2, 0) is 0 Å². The summed E-state index contributed by atoms with van der Waals surface area (Å²) >= 11 is 0. The second-order valence-corrected chi connectivity index (χ2v) is 5.58. The summed E-state index contributed by atoms with van der Waals surface area (Å²) in [6, 6.07) is 4.46. The van der Waals surface area contributed by atoms with E-state index in [4.69, 9.17) is 0 Å². The zero-order valence-corrected chi connectivity index (χ0v) is 13.0. The topological polar surface area (TPSA) is 84.3 Å². The minimum atomic E-state index is -0.476. The van der Waals surface area contributed by atoms with Crippen LogP contribution < -0.4 is 10.6 Å². The quantitative estimate of drug-likeness (QED) is 0.662. The summed E-state index contributed by atoms with van der Waals surface area (Å²) in [5.74, 6) is -0.249. The number of amides is 1. The second-order valence-electron chi connectivity index (χ2n) is 5.58. The molecular formula is C14H20ClN3O3. The molecule has 0 aliphatic carbocycles. The molecule has 1 amide bonds. The molecule has 1 saturated heterocycles. The Kier molecular flexibility index (Phi) is 5.69. The van der Waals surface area contributed by atoms with Gasteiger partial charge in [-0.2, -0.15) is 0 Å². The van der Waals surface area contributed by atoms with Gasteiger partial charge in [-0.15, -0.1) is 12.4 Å². The predicted molar refractivity (Wildman–Crippen MR) is 83.1 cm³/mol. The summed E-state index contributed by atoms with van der Waals surface area (Å²) in [7, 11) is 0. The van der Waals surface area contributed by atoms with Gasteiger partial charge >= 0.3 is 0 Å². The highest BCUT2D eigenvalue weighted by molar-refractivity contribution is 5.95. The van der Waals surface area contributed by atoms with Crippen LogP contribution in [0.15, 0.2) is 18.2 Å². The summed E-state index contributed by atoms with van der Waals surface area (Å²) < 4.78 is 0. The number of carbonyl (C=O) groups is 1. The Morgan fingerprint density at radius 2 is 1.95 bits per heavy atom. The van der Waals surface area contributed by atoms with Crippen LogP contribution in [-0.4, -0.2) is 29.5 Å². The lowest BCUT2D eigenvalue weighted by Gasteiger charge is -2.35. The average Bonchev–Trinajstić information content (AvgIpc) is 2.38. The number of hydrogen-bond acceptors (Lipinski definition) is 4. The number of nitro benzene ring substituents is 1. The lowest BCUT2D eigenvalue weighted by Crippen LogP contribution is -2.52. The minimum Gasteiger partial charge on any atom is -0.347 e. The van der Waals surface area contributed by atoms with E-state index in [1.165, 1.54) is 12.1 Å². The van der Waals surface area contributed by atoms with E-state index in [-0.39, 0.29) is 29.5 Å². The number of nitrogens with zero attached hydrogens (tertiary/aromatic N) is 1. The summed E-state index contributed by atoms with van der Waals surface area (Å²) in [5.41, 5.74) is 0.753.